The van der Waals surface area contributed by atoms with Crippen molar-refractivity contribution in [2.75, 3.05) is 13.1 Å². The molecule has 3 unspecified atom stereocenters. The van der Waals surface area contributed by atoms with Crippen LogP contribution in [0.1, 0.15) is 38.3 Å². The van der Waals surface area contributed by atoms with Gasteiger partial charge in [-0.3, -0.25) is 4.90 Å². The molecule has 4 heteroatoms. The van der Waals surface area contributed by atoms with Crippen molar-refractivity contribution in [3.63, 3.8) is 0 Å². The molecule has 0 radical (unpaired) electrons. The maximum absolute atomic E-state index is 13.2. The number of piperidine rings is 1. The Morgan fingerprint density at radius 3 is 2.68 bits per heavy atom. The van der Waals surface area contributed by atoms with E-state index in [1.165, 1.54) is 18.9 Å². The van der Waals surface area contributed by atoms with E-state index in [2.05, 4.69) is 18.7 Å². The summed E-state index contributed by atoms with van der Waals surface area (Å²) in [5.74, 6) is -0.975. The minimum Gasteiger partial charge on any atom is -0.323 e. The van der Waals surface area contributed by atoms with Gasteiger partial charge >= 0.3 is 0 Å². The monoisotopic (exact) mass is 268 g/mol. The summed E-state index contributed by atoms with van der Waals surface area (Å²) in [6, 6.07) is 4.15. The highest BCUT2D eigenvalue weighted by Gasteiger charge is 2.24. The van der Waals surface area contributed by atoms with Gasteiger partial charge in [-0.1, -0.05) is 13.0 Å². The first-order valence-electron chi connectivity index (χ1n) is 6.92. The SMILES string of the molecule is CC1CCC(C)N(CC(N)c2ccc(F)c(F)c2)C1. The van der Waals surface area contributed by atoms with Crippen LogP contribution in [-0.4, -0.2) is 24.0 Å². The van der Waals surface area contributed by atoms with E-state index < -0.39 is 11.6 Å². The quantitative estimate of drug-likeness (QED) is 0.912. The van der Waals surface area contributed by atoms with Crippen LogP contribution in [0.15, 0.2) is 18.2 Å². The van der Waals surface area contributed by atoms with Gasteiger partial charge in [0.2, 0.25) is 0 Å². The Hall–Kier alpha value is -1.00. The number of nitrogens with two attached hydrogens (primary N) is 1. The molecule has 2 rings (SSSR count). The smallest absolute Gasteiger partial charge is 0.159 e. The first-order chi connectivity index (χ1) is 8.97. The Bertz CT molecular complexity index is 436. The van der Waals surface area contributed by atoms with Crippen molar-refractivity contribution >= 4 is 0 Å². The fraction of sp³-hybridized carbons (Fsp3) is 0.600. The molecule has 0 amide bonds. The standard InChI is InChI=1S/C15H22F2N2/c1-10-3-4-11(2)19(8-10)9-15(18)12-5-6-13(16)14(17)7-12/h5-7,10-11,15H,3-4,8-9,18H2,1-2H3. The summed E-state index contributed by atoms with van der Waals surface area (Å²) in [5, 5.41) is 0. The summed E-state index contributed by atoms with van der Waals surface area (Å²) in [6.45, 7) is 6.15. The second-order valence-corrected chi connectivity index (χ2v) is 5.77. The highest BCUT2D eigenvalue weighted by atomic mass is 19.2. The molecule has 3 atom stereocenters. The molecule has 2 N–H and O–H groups in total. The zero-order valence-corrected chi connectivity index (χ0v) is 11.6. The van der Waals surface area contributed by atoms with E-state index in [4.69, 9.17) is 5.73 Å². The lowest BCUT2D eigenvalue weighted by Crippen LogP contribution is -2.44. The third-order valence-electron chi connectivity index (χ3n) is 4.05. The van der Waals surface area contributed by atoms with Gasteiger partial charge in [0.05, 0.1) is 0 Å². The van der Waals surface area contributed by atoms with Gasteiger partial charge in [-0.25, -0.2) is 8.78 Å². The lowest BCUT2D eigenvalue weighted by atomic mass is 9.94. The molecule has 0 bridgehead atoms. The van der Waals surface area contributed by atoms with Crippen molar-refractivity contribution < 1.29 is 8.78 Å². The molecule has 106 valence electrons. The summed E-state index contributed by atoms with van der Waals surface area (Å²) < 4.78 is 26.1. The van der Waals surface area contributed by atoms with Gasteiger partial charge in [-0.05, 0) is 43.4 Å². The molecule has 19 heavy (non-hydrogen) atoms. The van der Waals surface area contributed by atoms with Crippen molar-refractivity contribution in [3.05, 3.63) is 35.4 Å². The van der Waals surface area contributed by atoms with E-state index in [1.807, 2.05) is 0 Å². The Morgan fingerprint density at radius 2 is 2.00 bits per heavy atom. The van der Waals surface area contributed by atoms with E-state index in [1.54, 1.807) is 6.07 Å². The number of hydrogen-bond acceptors (Lipinski definition) is 2. The predicted octanol–water partition coefficient (Wildman–Crippen LogP) is 3.09. The van der Waals surface area contributed by atoms with Gasteiger partial charge < -0.3 is 5.73 Å². The summed E-state index contributed by atoms with van der Waals surface area (Å²) in [5.41, 5.74) is 6.78. The third-order valence-corrected chi connectivity index (χ3v) is 4.05. The van der Waals surface area contributed by atoms with E-state index in [0.717, 1.165) is 12.6 Å². The Morgan fingerprint density at radius 1 is 1.26 bits per heavy atom. The Balaban J connectivity index is 2.03. The first kappa shape index (κ1) is 14.4. The van der Waals surface area contributed by atoms with Crippen molar-refractivity contribution in [3.8, 4) is 0 Å². The number of benzene rings is 1. The van der Waals surface area contributed by atoms with Crippen LogP contribution in [0.3, 0.4) is 0 Å². The van der Waals surface area contributed by atoms with E-state index >= 15 is 0 Å². The van der Waals surface area contributed by atoms with Crippen LogP contribution in [0.4, 0.5) is 8.78 Å². The van der Waals surface area contributed by atoms with Crippen molar-refractivity contribution in [2.45, 2.75) is 38.8 Å². The van der Waals surface area contributed by atoms with Crippen LogP contribution in [0.5, 0.6) is 0 Å². The average molecular weight is 268 g/mol. The van der Waals surface area contributed by atoms with Crippen LogP contribution in [-0.2, 0) is 0 Å². The highest BCUT2D eigenvalue weighted by Crippen LogP contribution is 2.24. The molecule has 1 heterocycles. The molecule has 0 saturated carbocycles. The summed E-state index contributed by atoms with van der Waals surface area (Å²) in [7, 11) is 0. The third kappa shape index (κ3) is 3.51. The van der Waals surface area contributed by atoms with Gasteiger partial charge in [-0.15, -0.1) is 0 Å². The van der Waals surface area contributed by atoms with Gasteiger partial charge in [-0.2, -0.15) is 0 Å². The molecule has 1 aromatic rings. The van der Waals surface area contributed by atoms with E-state index in [-0.39, 0.29) is 6.04 Å². The number of halogens is 2. The minimum absolute atomic E-state index is 0.275. The predicted molar refractivity (Wildman–Crippen MR) is 72.7 cm³/mol. The molecule has 2 nitrogen and oxygen atoms in total. The average Bonchev–Trinajstić information content (AvgIpc) is 2.37. The molecule has 0 spiro atoms. The second-order valence-electron chi connectivity index (χ2n) is 5.77. The van der Waals surface area contributed by atoms with Gasteiger partial charge in [0, 0.05) is 25.2 Å². The molecule has 0 aliphatic carbocycles. The zero-order valence-electron chi connectivity index (χ0n) is 11.6. The molecule has 1 aliphatic heterocycles. The molecule has 0 aromatic heterocycles. The van der Waals surface area contributed by atoms with Gasteiger partial charge in [0.15, 0.2) is 11.6 Å². The number of hydrogen-bond donors (Lipinski definition) is 1. The van der Waals surface area contributed by atoms with Crippen molar-refractivity contribution in [2.24, 2.45) is 11.7 Å². The Kier molecular flexibility index (Phi) is 4.53. The number of nitrogens with zero attached hydrogens (tertiary/aromatic N) is 1. The molecule has 1 aromatic carbocycles. The molecular weight excluding hydrogens is 246 g/mol. The molecule has 1 fully saturated rings. The van der Waals surface area contributed by atoms with Crippen LogP contribution in [0.25, 0.3) is 0 Å². The van der Waals surface area contributed by atoms with Crippen molar-refractivity contribution in [1.29, 1.82) is 0 Å². The first-order valence-corrected chi connectivity index (χ1v) is 6.92. The molecular formula is C15H22F2N2. The lowest BCUT2D eigenvalue weighted by Gasteiger charge is -2.38. The maximum Gasteiger partial charge on any atom is 0.159 e. The largest absolute Gasteiger partial charge is 0.323 e. The van der Waals surface area contributed by atoms with Crippen molar-refractivity contribution in [1.82, 2.24) is 4.90 Å². The lowest BCUT2D eigenvalue weighted by molar-refractivity contribution is 0.117. The normalized spacial score (nSPS) is 26.4. The summed E-state index contributed by atoms with van der Waals surface area (Å²) in [4.78, 5) is 2.35. The van der Waals surface area contributed by atoms with E-state index in [9.17, 15) is 8.78 Å². The summed E-state index contributed by atoms with van der Waals surface area (Å²) >= 11 is 0. The topological polar surface area (TPSA) is 29.3 Å². The summed E-state index contributed by atoms with van der Waals surface area (Å²) in [6.07, 6.45) is 2.42. The van der Waals surface area contributed by atoms with Crippen LogP contribution >= 0.6 is 0 Å². The zero-order chi connectivity index (χ0) is 14.0. The van der Waals surface area contributed by atoms with Crippen LogP contribution in [0.2, 0.25) is 0 Å². The minimum atomic E-state index is -0.826. The highest BCUT2D eigenvalue weighted by molar-refractivity contribution is 5.21. The van der Waals surface area contributed by atoms with Gasteiger partial charge in [0.1, 0.15) is 0 Å². The van der Waals surface area contributed by atoms with Crippen LogP contribution < -0.4 is 5.73 Å². The number of rotatable bonds is 3. The fourth-order valence-electron chi connectivity index (χ4n) is 2.74. The second kappa shape index (κ2) is 5.97. The fourth-order valence-corrected chi connectivity index (χ4v) is 2.74. The maximum atomic E-state index is 13.2. The number of likely N-dealkylation sites (tertiary alicyclic amines) is 1. The van der Waals surface area contributed by atoms with Crippen LogP contribution in [0, 0.1) is 17.6 Å². The van der Waals surface area contributed by atoms with Gasteiger partial charge in [0.25, 0.3) is 0 Å². The molecule has 1 aliphatic rings. The van der Waals surface area contributed by atoms with E-state index in [0.29, 0.717) is 24.1 Å². The molecule has 1 saturated heterocycles. The Labute approximate surface area is 113 Å².